The van der Waals surface area contributed by atoms with E-state index in [0.29, 0.717) is 29.4 Å². The molecule has 2 atom stereocenters. The van der Waals surface area contributed by atoms with Crippen LogP contribution < -0.4 is 9.47 Å². The van der Waals surface area contributed by atoms with Crippen LogP contribution in [0.3, 0.4) is 0 Å². The minimum atomic E-state index is -0.580. The molecular weight excluding hydrogens is 366 g/mol. The van der Waals surface area contributed by atoms with Gasteiger partial charge < -0.3 is 19.1 Å². The van der Waals surface area contributed by atoms with Gasteiger partial charge in [-0.3, -0.25) is 4.79 Å². The average Bonchev–Trinajstić information content (AvgIpc) is 3.12. The second kappa shape index (κ2) is 9.88. The monoisotopic (exact) mass is 395 g/mol. The lowest BCUT2D eigenvalue weighted by molar-refractivity contribution is -0.148. The zero-order valence-corrected chi connectivity index (χ0v) is 17.5. The van der Waals surface area contributed by atoms with Gasteiger partial charge >= 0.3 is 5.97 Å². The fraction of sp³-hybridized carbons (Fsp3) is 0.600. The quantitative estimate of drug-likeness (QED) is 0.495. The molecule has 0 unspecified atom stereocenters. The van der Waals surface area contributed by atoms with Crippen molar-refractivity contribution in [3.05, 3.63) is 23.8 Å². The predicted octanol–water partition coefficient (Wildman–Crippen LogP) is 3.59. The molecule has 2 rings (SSSR count). The van der Waals surface area contributed by atoms with Gasteiger partial charge in [0.25, 0.3) is 5.91 Å². The number of nitrogens with zero attached hydrogens (tertiary/aromatic N) is 1. The lowest BCUT2D eigenvalue weighted by Gasteiger charge is -2.30. The number of unbranched alkanes of at least 4 members (excludes halogenated alkanes) is 1. The minimum absolute atomic E-state index is 0.0848. The number of hydrogen-bond acceptors (Lipinski definition) is 6. The van der Waals surface area contributed by atoms with Crippen LogP contribution in [0.2, 0.25) is 0 Å². The number of hydrogen-bond donors (Lipinski definition) is 0. The zero-order chi connectivity index (χ0) is 20.0. The first-order chi connectivity index (χ1) is 12.9. The molecule has 0 saturated carbocycles. The zero-order valence-electron chi connectivity index (χ0n) is 16.7. The third-order valence-corrected chi connectivity index (χ3v) is 6.07. The van der Waals surface area contributed by atoms with Crippen molar-refractivity contribution in [1.29, 1.82) is 0 Å². The molecule has 7 heteroatoms. The Kier molecular flexibility index (Phi) is 7.83. The number of thioether (sulfide) groups is 1. The molecule has 27 heavy (non-hydrogen) atoms. The van der Waals surface area contributed by atoms with Gasteiger partial charge in [-0.25, -0.2) is 4.79 Å². The van der Waals surface area contributed by atoms with E-state index < -0.39 is 6.04 Å². The molecule has 1 heterocycles. The van der Waals surface area contributed by atoms with Gasteiger partial charge in [0.1, 0.15) is 17.5 Å². The molecule has 0 bridgehead atoms. The summed E-state index contributed by atoms with van der Waals surface area (Å²) in [7, 11) is 3.08. The Morgan fingerprint density at radius 3 is 2.33 bits per heavy atom. The van der Waals surface area contributed by atoms with Crippen molar-refractivity contribution in [1.82, 2.24) is 4.90 Å². The number of carbonyl (C=O) groups is 2. The van der Waals surface area contributed by atoms with Crippen molar-refractivity contribution in [2.75, 3.05) is 26.6 Å². The number of rotatable bonds is 8. The fourth-order valence-corrected chi connectivity index (χ4v) is 4.44. The van der Waals surface area contributed by atoms with Gasteiger partial charge in [0.2, 0.25) is 0 Å². The van der Waals surface area contributed by atoms with Crippen LogP contribution in [0, 0.1) is 5.92 Å². The van der Waals surface area contributed by atoms with E-state index in [9.17, 15) is 9.59 Å². The highest BCUT2D eigenvalue weighted by Crippen LogP contribution is 2.36. The summed E-state index contributed by atoms with van der Waals surface area (Å²) in [5.41, 5.74) is 0.436. The SMILES string of the molecule is CCCCOC(=O)[C@@H]1CS[C@@H](C(C)C)N1C(=O)c1cc(OC)cc(OC)c1. The van der Waals surface area contributed by atoms with E-state index in [1.165, 1.54) is 0 Å². The van der Waals surface area contributed by atoms with Crippen molar-refractivity contribution < 1.29 is 23.8 Å². The Morgan fingerprint density at radius 2 is 1.81 bits per heavy atom. The van der Waals surface area contributed by atoms with Crippen molar-refractivity contribution >= 4 is 23.6 Å². The van der Waals surface area contributed by atoms with Crippen LogP contribution in [0.15, 0.2) is 18.2 Å². The van der Waals surface area contributed by atoms with Crippen molar-refractivity contribution in [2.45, 2.75) is 45.0 Å². The van der Waals surface area contributed by atoms with Crippen LogP contribution in [0.5, 0.6) is 11.5 Å². The van der Waals surface area contributed by atoms with Crippen LogP contribution in [0.4, 0.5) is 0 Å². The number of methoxy groups -OCH3 is 2. The highest BCUT2D eigenvalue weighted by molar-refractivity contribution is 8.00. The second-order valence-electron chi connectivity index (χ2n) is 6.82. The van der Waals surface area contributed by atoms with E-state index >= 15 is 0 Å². The number of carbonyl (C=O) groups excluding carboxylic acids is 2. The van der Waals surface area contributed by atoms with Gasteiger partial charge in [-0.15, -0.1) is 11.8 Å². The molecule has 0 aromatic heterocycles. The molecule has 1 aromatic carbocycles. The number of ether oxygens (including phenoxy) is 3. The standard InChI is InChI=1S/C20H29NO5S/c1-6-7-8-26-20(23)17-12-27-19(13(2)3)21(17)18(22)14-9-15(24-4)11-16(10-14)25-5/h9-11,13,17,19H,6-8,12H2,1-5H3/t17-,19-/m0/s1. The van der Waals surface area contributed by atoms with Gasteiger partial charge in [-0.1, -0.05) is 27.2 Å². The van der Waals surface area contributed by atoms with E-state index in [0.717, 1.165) is 12.8 Å². The molecule has 0 N–H and O–H groups in total. The highest BCUT2D eigenvalue weighted by atomic mass is 32.2. The molecule has 0 aliphatic carbocycles. The lowest BCUT2D eigenvalue weighted by Crippen LogP contribution is -2.47. The van der Waals surface area contributed by atoms with Crippen LogP contribution >= 0.6 is 11.8 Å². The molecule has 0 radical (unpaired) electrons. The van der Waals surface area contributed by atoms with Gasteiger partial charge in [0, 0.05) is 17.4 Å². The third-order valence-electron chi connectivity index (χ3n) is 4.45. The summed E-state index contributed by atoms with van der Waals surface area (Å²) in [6, 6.07) is 4.48. The second-order valence-corrected chi connectivity index (χ2v) is 7.97. The van der Waals surface area contributed by atoms with Crippen molar-refractivity contribution in [2.24, 2.45) is 5.92 Å². The summed E-state index contributed by atoms with van der Waals surface area (Å²) in [6.07, 6.45) is 1.77. The topological polar surface area (TPSA) is 65.1 Å². The van der Waals surface area contributed by atoms with Gasteiger partial charge in [-0.2, -0.15) is 0 Å². The molecule has 1 amide bonds. The lowest BCUT2D eigenvalue weighted by atomic mass is 10.1. The van der Waals surface area contributed by atoms with E-state index in [4.69, 9.17) is 14.2 Å². The van der Waals surface area contributed by atoms with Crippen LogP contribution in [-0.4, -0.2) is 54.8 Å². The average molecular weight is 396 g/mol. The first-order valence-corrected chi connectivity index (χ1v) is 10.3. The summed E-state index contributed by atoms with van der Waals surface area (Å²) in [5.74, 6) is 1.27. The maximum absolute atomic E-state index is 13.3. The summed E-state index contributed by atoms with van der Waals surface area (Å²) >= 11 is 1.62. The number of benzene rings is 1. The first kappa shape index (κ1) is 21.4. The molecule has 0 spiro atoms. The molecule has 1 aromatic rings. The van der Waals surface area contributed by atoms with Gasteiger partial charge in [0.15, 0.2) is 0 Å². The molecule has 6 nitrogen and oxygen atoms in total. The van der Waals surface area contributed by atoms with Gasteiger partial charge in [0.05, 0.1) is 26.2 Å². The summed E-state index contributed by atoms with van der Waals surface area (Å²) in [6.45, 7) is 6.53. The smallest absolute Gasteiger partial charge is 0.329 e. The molecule has 1 aliphatic rings. The molecule has 1 saturated heterocycles. The number of amides is 1. The largest absolute Gasteiger partial charge is 0.497 e. The Morgan fingerprint density at radius 1 is 1.19 bits per heavy atom. The molecule has 150 valence electrons. The van der Waals surface area contributed by atoms with Crippen LogP contribution in [0.25, 0.3) is 0 Å². The maximum atomic E-state index is 13.3. The normalized spacial score (nSPS) is 19.3. The molecule has 1 aliphatic heterocycles. The predicted molar refractivity (Wildman–Crippen MR) is 106 cm³/mol. The summed E-state index contributed by atoms with van der Waals surface area (Å²) in [4.78, 5) is 27.6. The van der Waals surface area contributed by atoms with Gasteiger partial charge in [-0.05, 0) is 24.5 Å². The molecule has 1 fully saturated rings. The Bertz CT molecular complexity index is 642. The minimum Gasteiger partial charge on any atom is -0.497 e. The van der Waals surface area contributed by atoms with E-state index in [2.05, 4.69) is 13.8 Å². The Hall–Kier alpha value is -1.89. The van der Waals surface area contributed by atoms with Crippen molar-refractivity contribution in [3.8, 4) is 11.5 Å². The van der Waals surface area contributed by atoms with Crippen molar-refractivity contribution in [3.63, 3.8) is 0 Å². The Labute approximate surface area is 165 Å². The first-order valence-electron chi connectivity index (χ1n) is 9.26. The Balaban J connectivity index is 2.31. The number of esters is 1. The van der Waals surface area contributed by atoms with Crippen LogP contribution in [-0.2, 0) is 9.53 Å². The van der Waals surface area contributed by atoms with Crippen LogP contribution in [0.1, 0.15) is 44.0 Å². The summed E-state index contributed by atoms with van der Waals surface area (Å²) < 4.78 is 16.0. The van der Waals surface area contributed by atoms with E-state index in [1.54, 1.807) is 49.1 Å². The molecular formula is C20H29NO5S. The fourth-order valence-electron chi connectivity index (χ4n) is 2.97. The van der Waals surface area contributed by atoms with E-state index in [1.807, 2.05) is 6.92 Å². The maximum Gasteiger partial charge on any atom is 0.329 e. The highest BCUT2D eigenvalue weighted by Gasteiger charge is 2.44. The summed E-state index contributed by atoms with van der Waals surface area (Å²) in [5, 5.41) is -0.0848. The van der Waals surface area contributed by atoms with E-state index in [-0.39, 0.29) is 23.2 Å². The third kappa shape index (κ3) is 5.09.